The van der Waals surface area contributed by atoms with Crippen LogP contribution in [0.2, 0.25) is 5.02 Å². The Morgan fingerprint density at radius 1 is 1.25 bits per heavy atom. The molecule has 0 aliphatic carbocycles. The van der Waals surface area contributed by atoms with Gasteiger partial charge in [-0.25, -0.2) is 4.98 Å². The molecule has 0 amide bonds. The van der Waals surface area contributed by atoms with Gasteiger partial charge in [-0.2, -0.15) is 0 Å². The second kappa shape index (κ2) is 4.41. The smallest absolute Gasteiger partial charge is 0.123 e. The Bertz CT molecular complexity index is 497. The van der Waals surface area contributed by atoms with E-state index in [1.165, 1.54) is 0 Å². The van der Waals surface area contributed by atoms with Gasteiger partial charge in [0.05, 0.1) is 7.11 Å². The fourth-order valence-corrected chi connectivity index (χ4v) is 1.64. The highest BCUT2D eigenvalue weighted by Crippen LogP contribution is 2.31. The SMILES string of the molecule is COc1ccc(Cl)c(-c2ccc(N)nc2)c1. The first-order valence-electron chi connectivity index (χ1n) is 4.76. The minimum Gasteiger partial charge on any atom is -0.497 e. The Morgan fingerprint density at radius 3 is 2.69 bits per heavy atom. The number of nitrogens with two attached hydrogens (primary N) is 1. The molecule has 82 valence electrons. The van der Waals surface area contributed by atoms with Crippen molar-refractivity contribution in [1.82, 2.24) is 4.98 Å². The molecule has 3 nitrogen and oxygen atoms in total. The van der Waals surface area contributed by atoms with Gasteiger partial charge in [0, 0.05) is 22.3 Å². The summed E-state index contributed by atoms with van der Waals surface area (Å²) in [6.07, 6.45) is 1.69. The van der Waals surface area contributed by atoms with Gasteiger partial charge in [0.25, 0.3) is 0 Å². The summed E-state index contributed by atoms with van der Waals surface area (Å²) in [6.45, 7) is 0. The summed E-state index contributed by atoms with van der Waals surface area (Å²) in [5.74, 6) is 1.25. The van der Waals surface area contributed by atoms with Gasteiger partial charge in [0.2, 0.25) is 0 Å². The lowest BCUT2D eigenvalue weighted by molar-refractivity contribution is 0.415. The molecule has 4 heteroatoms. The predicted octanol–water partition coefficient (Wildman–Crippen LogP) is 2.99. The normalized spacial score (nSPS) is 10.1. The van der Waals surface area contributed by atoms with Crippen LogP contribution in [0, 0.1) is 0 Å². The average molecular weight is 235 g/mol. The third kappa shape index (κ3) is 2.09. The lowest BCUT2D eigenvalue weighted by Gasteiger charge is -2.07. The van der Waals surface area contributed by atoms with E-state index in [4.69, 9.17) is 22.1 Å². The Morgan fingerprint density at radius 2 is 2.06 bits per heavy atom. The van der Waals surface area contributed by atoms with Crippen LogP contribution in [0.3, 0.4) is 0 Å². The van der Waals surface area contributed by atoms with Gasteiger partial charge in [0.15, 0.2) is 0 Å². The maximum atomic E-state index is 6.11. The maximum Gasteiger partial charge on any atom is 0.123 e. The van der Waals surface area contributed by atoms with Crippen molar-refractivity contribution < 1.29 is 4.74 Å². The van der Waals surface area contributed by atoms with Crippen molar-refractivity contribution in [2.75, 3.05) is 12.8 Å². The molecule has 0 fully saturated rings. The van der Waals surface area contributed by atoms with E-state index in [0.29, 0.717) is 10.8 Å². The van der Waals surface area contributed by atoms with Crippen molar-refractivity contribution in [2.45, 2.75) is 0 Å². The fraction of sp³-hybridized carbons (Fsp3) is 0.0833. The third-order valence-electron chi connectivity index (χ3n) is 2.27. The number of rotatable bonds is 2. The van der Waals surface area contributed by atoms with Gasteiger partial charge in [-0.15, -0.1) is 0 Å². The van der Waals surface area contributed by atoms with Crippen LogP contribution in [-0.2, 0) is 0 Å². The summed E-state index contributed by atoms with van der Waals surface area (Å²) in [5, 5.41) is 0.660. The van der Waals surface area contributed by atoms with Crippen LogP contribution in [0.1, 0.15) is 0 Å². The first-order chi connectivity index (χ1) is 7.70. The average Bonchev–Trinajstić information content (AvgIpc) is 2.31. The fourth-order valence-electron chi connectivity index (χ4n) is 1.42. The highest BCUT2D eigenvalue weighted by molar-refractivity contribution is 6.33. The molecule has 0 bridgehead atoms. The second-order valence-corrected chi connectivity index (χ2v) is 3.72. The molecule has 0 saturated carbocycles. The molecule has 1 heterocycles. The van der Waals surface area contributed by atoms with E-state index in [1.54, 1.807) is 25.4 Å². The standard InChI is InChI=1S/C12H11ClN2O/c1-16-9-3-4-11(13)10(6-9)8-2-5-12(14)15-7-8/h2-7H,1H3,(H2,14,15). The molecule has 0 atom stereocenters. The summed E-state index contributed by atoms with van der Waals surface area (Å²) < 4.78 is 5.15. The van der Waals surface area contributed by atoms with Crippen LogP contribution in [0.25, 0.3) is 11.1 Å². The minimum atomic E-state index is 0.489. The predicted molar refractivity (Wildman–Crippen MR) is 65.6 cm³/mol. The molecule has 2 rings (SSSR count). The molecule has 0 aliphatic rings. The molecule has 16 heavy (non-hydrogen) atoms. The number of aromatic nitrogens is 1. The Balaban J connectivity index is 2.50. The molecule has 2 aromatic rings. The number of halogens is 1. The van der Waals surface area contributed by atoms with E-state index in [2.05, 4.69) is 4.98 Å². The van der Waals surface area contributed by atoms with E-state index in [0.717, 1.165) is 16.9 Å². The number of pyridine rings is 1. The summed E-state index contributed by atoms with van der Waals surface area (Å²) >= 11 is 6.11. The third-order valence-corrected chi connectivity index (χ3v) is 2.60. The van der Waals surface area contributed by atoms with Crippen LogP contribution >= 0.6 is 11.6 Å². The molecule has 0 radical (unpaired) electrons. The molecular weight excluding hydrogens is 224 g/mol. The summed E-state index contributed by atoms with van der Waals surface area (Å²) in [5.41, 5.74) is 7.33. The summed E-state index contributed by atoms with van der Waals surface area (Å²) in [6, 6.07) is 9.10. The molecule has 0 aliphatic heterocycles. The van der Waals surface area contributed by atoms with Crippen LogP contribution in [0.5, 0.6) is 5.75 Å². The van der Waals surface area contributed by atoms with E-state index in [1.807, 2.05) is 18.2 Å². The maximum absolute atomic E-state index is 6.11. The topological polar surface area (TPSA) is 48.1 Å². The molecular formula is C12H11ClN2O. The van der Waals surface area contributed by atoms with Crippen molar-refractivity contribution in [2.24, 2.45) is 0 Å². The first-order valence-corrected chi connectivity index (χ1v) is 5.14. The van der Waals surface area contributed by atoms with Crippen LogP contribution in [0.15, 0.2) is 36.5 Å². The monoisotopic (exact) mass is 234 g/mol. The molecule has 2 N–H and O–H groups in total. The Hall–Kier alpha value is -1.74. The van der Waals surface area contributed by atoms with Gasteiger partial charge in [-0.1, -0.05) is 11.6 Å². The summed E-state index contributed by atoms with van der Waals surface area (Å²) in [7, 11) is 1.62. The molecule has 1 aromatic carbocycles. The van der Waals surface area contributed by atoms with E-state index in [-0.39, 0.29) is 0 Å². The van der Waals surface area contributed by atoms with Crippen molar-refractivity contribution in [3.63, 3.8) is 0 Å². The Labute approximate surface area is 98.8 Å². The number of hydrogen-bond acceptors (Lipinski definition) is 3. The largest absolute Gasteiger partial charge is 0.497 e. The quantitative estimate of drug-likeness (QED) is 0.869. The number of anilines is 1. The first kappa shape index (κ1) is 10.8. The van der Waals surface area contributed by atoms with E-state index < -0.39 is 0 Å². The van der Waals surface area contributed by atoms with Crippen molar-refractivity contribution >= 4 is 17.4 Å². The lowest BCUT2D eigenvalue weighted by atomic mass is 10.1. The van der Waals surface area contributed by atoms with Gasteiger partial charge in [-0.05, 0) is 30.3 Å². The highest BCUT2D eigenvalue weighted by Gasteiger charge is 2.05. The second-order valence-electron chi connectivity index (χ2n) is 3.32. The zero-order chi connectivity index (χ0) is 11.5. The number of ether oxygens (including phenoxy) is 1. The minimum absolute atomic E-state index is 0.489. The lowest BCUT2D eigenvalue weighted by Crippen LogP contribution is -1.90. The van der Waals surface area contributed by atoms with Gasteiger partial charge in [0.1, 0.15) is 11.6 Å². The van der Waals surface area contributed by atoms with Crippen molar-refractivity contribution in [3.8, 4) is 16.9 Å². The van der Waals surface area contributed by atoms with Gasteiger partial charge in [-0.3, -0.25) is 0 Å². The zero-order valence-electron chi connectivity index (χ0n) is 8.77. The van der Waals surface area contributed by atoms with Crippen molar-refractivity contribution in [1.29, 1.82) is 0 Å². The summed E-state index contributed by atoms with van der Waals surface area (Å²) in [4.78, 5) is 4.03. The van der Waals surface area contributed by atoms with E-state index in [9.17, 15) is 0 Å². The molecule has 0 unspecified atom stereocenters. The van der Waals surface area contributed by atoms with E-state index >= 15 is 0 Å². The van der Waals surface area contributed by atoms with Crippen LogP contribution in [-0.4, -0.2) is 12.1 Å². The number of hydrogen-bond donors (Lipinski definition) is 1. The number of nitrogen functional groups attached to an aromatic ring is 1. The van der Waals surface area contributed by atoms with Gasteiger partial charge < -0.3 is 10.5 Å². The van der Waals surface area contributed by atoms with Crippen LogP contribution < -0.4 is 10.5 Å². The number of benzene rings is 1. The molecule has 0 saturated heterocycles. The Kier molecular flexibility index (Phi) is 2.97. The van der Waals surface area contributed by atoms with Crippen LogP contribution in [0.4, 0.5) is 5.82 Å². The zero-order valence-corrected chi connectivity index (χ0v) is 9.53. The number of nitrogens with zero attached hydrogens (tertiary/aromatic N) is 1. The highest BCUT2D eigenvalue weighted by atomic mass is 35.5. The van der Waals surface area contributed by atoms with Crippen molar-refractivity contribution in [3.05, 3.63) is 41.6 Å². The molecule has 1 aromatic heterocycles. The van der Waals surface area contributed by atoms with Gasteiger partial charge >= 0.3 is 0 Å². The number of methoxy groups -OCH3 is 1. The molecule has 0 spiro atoms.